The van der Waals surface area contributed by atoms with E-state index in [0.29, 0.717) is 24.4 Å². The number of benzene rings is 2. The zero-order valence-corrected chi connectivity index (χ0v) is 17.7. The monoisotopic (exact) mass is 416 g/mol. The van der Waals surface area contributed by atoms with Gasteiger partial charge in [-0.3, -0.25) is 4.79 Å². The van der Waals surface area contributed by atoms with Crippen LogP contribution in [-0.2, 0) is 16.1 Å². The van der Waals surface area contributed by atoms with Gasteiger partial charge >= 0.3 is 0 Å². The van der Waals surface area contributed by atoms with E-state index < -0.39 is 0 Å². The second-order valence-electron chi connectivity index (χ2n) is 6.13. The van der Waals surface area contributed by atoms with Gasteiger partial charge in [0.15, 0.2) is 4.80 Å². The van der Waals surface area contributed by atoms with Gasteiger partial charge < -0.3 is 14.0 Å². The lowest BCUT2D eigenvalue weighted by Gasteiger charge is -2.05. The standard InChI is InChI=1S/C21H24N2O3S2/c1-25-13-12-23-18-11-10-16(26-2)15-19(18)28-21(23)22-20(24)9-6-14-27-17-7-4-3-5-8-17/h3-5,7-8,10-11,15H,6,9,12-14H2,1-2H3. The summed E-state index contributed by atoms with van der Waals surface area (Å²) in [6.45, 7) is 1.21. The van der Waals surface area contributed by atoms with Crippen LogP contribution in [0.15, 0.2) is 58.4 Å². The van der Waals surface area contributed by atoms with Crippen LogP contribution < -0.4 is 9.54 Å². The Labute approximate surface area is 173 Å². The molecule has 5 nitrogen and oxygen atoms in total. The molecule has 7 heteroatoms. The number of thiazole rings is 1. The van der Waals surface area contributed by atoms with Gasteiger partial charge in [-0.1, -0.05) is 29.5 Å². The van der Waals surface area contributed by atoms with E-state index in [1.54, 1.807) is 26.0 Å². The van der Waals surface area contributed by atoms with Crippen LogP contribution in [0.2, 0.25) is 0 Å². The Hall–Kier alpha value is -2.09. The van der Waals surface area contributed by atoms with Crippen molar-refractivity contribution in [2.75, 3.05) is 26.6 Å². The average Bonchev–Trinajstić information content (AvgIpc) is 3.06. The molecule has 0 aliphatic heterocycles. The molecule has 0 bridgehead atoms. The topological polar surface area (TPSA) is 52.8 Å². The molecular weight excluding hydrogens is 392 g/mol. The first kappa shape index (κ1) is 20.6. The largest absolute Gasteiger partial charge is 0.497 e. The molecule has 0 fully saturated rings. The molecule has 1 amide bonds. The number of fused-ring (bicyclic) bond motifs is 1. The Bertz CT molecular complexity index is 980. The first-order valence-corrected chi connectivity index (χ1v) is 10.9. The summed E-state index contributed by atoms with van der Waals surface area (Å²) < 4.78 is 13.6. The van der Waals surface area contributed by atoms with Crippen LogP contribution in [0.1, 0.15) is 12.8 Å². The van der Waals surface area contributed by atoms with Crippen LogP contribution in [0, 0.1) is 0 Å². The van der Waals surface area contributed by atoms with E-state index >= 15 is 0 Å². The van der Waals surface area contributed by atoms with E-state index in [-0.39, 0.29) is 5.91 Å². The van der Waals surface area contributed by atoms with Gasteiger partial charge in [-0.05, 0) is 42.5 Å². The van der Waals surface area contributed by atoms with Crippen LogP contribution >= 0.6 is 23.1 Å². The van der Waals surface area contributed by atoms with E-state index in [2.05, 4.69) is 17.1 Å². The number of nitrogens with zero attached hydrogens (tertiary/aromatic N) is 2. The van der Waals surface area contributed by atoms with Crippen LogP contribution in [-0.4, -0.2) is 37.1 Å². The van der Waals surface area contributed by atoms with Gasteiger partial charge in [0, 0.05) is 25.0 Å². The highest BCUT2D eigenvalue weighted by molar-refractivity contribution is 7.99. The van der Waals surface area contributed by atoms with Gasteiger partial charge in [0.2, 0.25) is 5.91 Å². The number of hydrogen-bond donors (Lipinski definition) is 0. The molecule has 1 heterocycles. The normalized spacial score (nSPS) is 11.9. The molecule has 148 valence electrons. The molecule has 3 rings (SSSR count). The number of aromatic nitrogens is 1. The number of amides is 1. The molecule has 1 aromatic heterocycles. The van der Waals surface area contributed by atoms with E-state index in [4.69, 9.17) is 9.47 Å². The van der Waals surface area contributed by atoms with Crippen molar-refractivity contribution in [3.63, 3.8) is 0 Å². The maximum atomic E-state index is 12.4. The number of rotatable bonds is 9. The van der Waals surface area contributed by atoms with Crippen molar-refractivity contribution >= 4 is 39.2 Å². The van der Waals surface area contributed by atoms with Gasteiger partial charge in [-0.25, -0.2) is 0 Å². The fourth-order valence-electron chi connectivity index (χ4n) is 2.76. The van der Waals surface area contributed by atoms with Gasteiger partial charge in [0.1, 0.15) is 5.75 Å². The van der Waals surface area contributed by atoms with Crippen molar-refractivity contribution in [3.05, 3.63) is 53.3 Å². The second kappa shape index (κ2) is 10.5. The highest BCUT2D eigenvalue weighted by Crippen LogP contribution is 2.23. The lowest BCUT2D eigenvalue weighted by Crippen LogP contribution is -2.19. The van der Waals surface area contributed by atoms with E-state index in [9.17, 15) is 4.79 Å². The first-order chi connectivity index (χ1) is 13.7. The summed E-state index contributed by atoms with van der Waals surface area (Å²) >= 11 is 3.27. The zero-order valence-electron chi connectivity index (χ0n) is 16.1. The fraction of sp³-hybridized carbons (Fsp3) is 0.333. The number of methoxy groups -OCH3 is 2. The summed E-state index contributed by atoms with van der Waals surface area (Å²) in [6.07, 6.45) is 1.25. The third-order valence-corrected chi connectivity index (χ3v) is 6.32. The maximum absolute atomic E-state index is 12.4. The average molecular weight is 417 g/mol. The van der Waals surface area contributed by atoms with Gasteiger partial charge in [0.05, 0.1) is 23.9 Å². The predicted octanol–water partition coefficient (Wildman–Crippen LogP) is 4.36. The molecule has 28 heavy (non-hydrogen) atoms. The molecule has 0 aliphatic carbocycles. The fourth-order valence-corrected chi connectivity index (χ4v) is 4.73. The molecule has 0 radical (unpaired) electrons. The first-order valence-electron chi connectivity index (χ1n) is 9.13. The zero-order chi connectivity index (χ0) is 19.8. The minimum atomic E-state index is -0.0849. The quantitative estimate of drug-likeness (QED) is 0.384. The maximum Gasteiger partial charge on any atom is 0.248 e. The second-order valence-corrected chi connectivity index (χ2v) is 8.31. The number of ether oxygens (including phenoxy) is 2. The summed E-state index contributed by atoms with van der Waals surface area (Å²) in [5.41, 5.74) is 1.04. The van der Waals surface area contributed by atoms with Crippen molar-refractivity contribution in [2.24, 2.45) is 4.99 Å². The van der Waals surface area contributed by atoms with Gasteiger partial charge in [0.25, 0.3) is 0 Å². The SMILES string of the molecule is COCCn1c(=NC(=O)CCCSc2ccccc2)sc2cc(OC)ccc21. The lowest BCUT2D eigenvalue weighted by molar-refractivity contribution is -0.118. The minimum absolute atomic E-state index is 0.0849. The Balaban J connectivity index is 1.71. The van der Waals surface area contributed by atoms with Crippen molar-refractivity contribution in [1.29, 1.82) is 0 Å². The van der Waals surface area contributed by atoms with Crippen molar-refractivity contribution in [2.45, 2.75) is 24.3 Å². The molecule has 0 atom stereocenters. The van der Waals surface area contributed by atoms with Crippen LogP contribution in [0.25, 0.3) is 10.2 Å². The lowest BCUT2D eigenvalue weighted by atomic mass is 10.3. The summed E-state index contributed by atoms with van der Waals surface area (Å²) in [4.78, 5) is 18.7. The van der Waals surface area contributed by atoms with Crippen molar-refractivity contribution in [1.82, 2.24) is 4.57 Å². The summed E-state index contributed by atoms with van der Waals surface area (Å²) in [5.74, 6) is 1.61. The summed E-state index contributed by atoms with van der Waals surface area (Å²) in [6, 6.07) is 16.1. The number of hydrogen-bond acceptors (Lipinski definition) is 5. The third kappa shape index (κ3) is 5.47. The molecular formula is C21H24N2O3S2. The molecule has 0 saturated carbocycles. The van der Waals surface area contributed by atoms with E-state index in [1.807, 2.05) is 41.0 Å². The molecule has 0 spiro atoms. The van der Waals surface area contributed by atoms with Gasteiger partial charge in [-0.15, -0.1) is 11.8 Å². The smallest absolute Gasteiger partial charge is 0.248 e. The van der Waals surface area contributed by atoms with Crippen LogP contribution in [0.3, 0.4) is 0 Å². The Morgan fingerprint density at radius 3 is 2.75 bits per heavy atom. The Morgan fingerprint density at radius 2 is 2.00 bits per heavy atom. The minimum Gasteiger partial charge on any atom is -0.497 e. The third-order valence-electron chi connectivity index (χ3n) is 4.18. The molecule has 0 unspecified atom stereocenters. The number of carbonyl (C=O) groups excluding carboxylic acids is 1. The number of carbonyl (C=O) groups is 1. The van der Waals surface area contributed by atoms with Crippen molar-refractivity contribution < 1.29 is 14.3 Å². The molecule has 0 N–H and O–H groups in total. The summed E-state index contributed by atoms with van der Waals surface area (Å²) in [7, 11) is 3.32. The molecule has 3 aromatic rings. The van der Waals surface area contributed by atoms with Crippen molar-refractivity contribution in [3.8, 4) is 5.75 Å². The van der Waals surface area contributed by atoms with Gasteiger partial charge in [-0.2, -0.15) is 4.99 Å². The highest BCUT2D eigenvalue weighted by atomic mass is 32.2. The van der Waals surface area contributed by atoms with E-state index in [1.165, 1.54) is 16.2 Å². The predicted molar refractivity (Wildman–Crippen MR) is 115 cm³/mol. The van der Waals surface area contributed by atoms with Crippen LogP contribution in [0.5, 0.6) is 5.75 Å². The molecule has 0 aliphatic rings. The van der Waals surface area contributed by atoms with Crippen LogP contribution in [0.4, 0.5) is 0 Å². The Kier molecular flexibility index (Phi) is 7.71. The number of thioether (sulfide) groups is 1. The highest BCUT2D eigenvalue weighted by Gasteiger charge is 2.09. The summed E-state index contributed by atoms with van der Waals surface area (Å²) in [5, 5.41) is 0. The molecule has 2 aromatic carbocycles. The van der Waals surface area contributed by atoms with E-state index in [0.717, 1.165) is 28.1 Å². The Morgan fingerprint density at radius 1 is 1.18 bits per heavy atom. The molecule has 0 saturated heterocycles.